The van der Waals surface area contributed by atoms with E-state index in [1.165, 1.54) is 25.7 Å². The lowest BCUT2D eigenvalue weighted by molar-refractivity contribution is 0.544. The predicted octanol–water partition coefficient (Wildman–Crippen LogP) is 1.97. The van der Waals surface area contributed by atoms with Crippen LogP contribution in [0.25, 0.3) is 0 Å². The third-order valence-electron chi connectivity index (χ3n) is 3.19. The van der Waals surface area contributed by atoms with Crippen molar-refractivity contribution in [2.24, 2.45) is 5.92 Å². The molecule has 84 valence electrons. The van der Waals surface area contributed by atoms with E-state index in [-0.39, 0.29) is 0 Å². The molecule has 0 aromatic carbocycles. The van der Waals surface area contributed by atoms with E-state index < -0.39 is 0 Å². The van der Waals surface area contributed by atoms with E-state index in [9.17, 15) is 0 Å². The van der Waals surface area contributed by atoms with Crippen LogP contribution in [-0.2, 0) is 0 Å². The molecule has 0 radical (unpaired) electrons. The summed E-state index contributed by atoms with van der Waals surface area (Å²) in [7, 11) is 1.99. The van der Waals surface area contributed by atoms with Crippen molar-refractivity contribution in [2.45, 2.75) is 25.7 Å². The van der Waals surface area contributed by atoms with Crippen LogP contribution < -0.4 is 4.90 Å². The van der Waals surface area contributed by atoms with Gasteiger partial charge in [0.05, 0.1) is 11.8 Å². The second-order valence-electron chi connectivity index (χ2n) is 4.41. The zero-order valence-corrected chi connectivity index (χ0v) is 9.56. The molecule has 1 saturated carbocycles. The van der Waals surface area contributed by atoms with Crippen molar-refractivity contribution in [3.63, 3.8) is 0 Å². The standard InChI is InChI=1S/C12H16N4/c1-16(9-10-4-2-3-5-10)12-11(8-13)6-7-14-15-12/h6-7,10H,2-5,9H2,1H3. The number of hydrogen-bond acceptors (Lipinski definition) is 4. The highest BCUT2D eigenvalue weighted by Crippen LogP contribution is 2.26. The molecule has 1 heterocycles. The van der Waals surface area contributed by atoms with Crippen LogP contribution in [0.5, 0.6) is 0 Å². The molecule has 16 heavy (non-hydrogen) atoms. The normalized spacial score (nSPS) is 16.0. The highest BCUT2D eigenvalue weighted by Gasteiger charge is 2.18. The second-order valence-corrected chi connectivity index (χ2v) is 4.41. The fraction of sp³-hybridized carbons (Fsp3) is 0.583. The smallest absolute Gasteiger partial charge is 0.168 e. The van der Waals surface area contributed by atoms with Crippen LogP contribution in [0.4, 0.5) is 5.82 Å². The van der Waals surface area contributed by atoms with E-state index in [0.29, 0.717) is 11.4 Å². The van der Waals surface area contributed by atoms with Crippen molar-refractivity contribution in [1.29, 1.82) is 5.26 Å². The molecule has 1 aliphatic rings. The Labute approximate surface area is 95.9 Å². The minimum atomic E-state index is 0.607. The van der Waals surface area contributed by atoms with Crippen molar-refractivity contribution < 1.29 is 0 Å². The molecule has 4 heteroatoms. The van der Waals surface area contributed by atoms with Crippen LogP contribution >= 0.6 is 0 Å². The van der Waals surface area contributed by atoms with E-state index in [0.717, 1.165) is 12.5 Å². The van der Waals surface area contributed by atoms with Crippen LogP contribution in [0.2, 0.25) is 0 Å². The lowest BCUT2D eigenvalue weighted by Crippen LogP contribution is -2.25. The van der Waals surface area contributed by atoms with Gasteiger partial charge in [0.2, 0.25) is 0 Å². The van der Waals surface area contributed by atoms with Crippen molar-refractivity contribution >= 4 is 5.82 Å². The van der Waals surface area contributed by atoms with Gasteiger partial charge in [-0.15, -0.1) is 5.10 Å². The van der Waals surface area contributed by atoms with Crippen molar-refractivity contribution in [2.75, 3.05) is 18.5 Å². The predicted molar refractivity (Wildman–Crippen MR) is 62.0 cm³/mol. The molecule has 0 atom stereocenters. The van der Waals surface area contributed by atoms with Gasteiger partial charge in [0.15, 0.2) is 5.82 Å². The van der Waals surface area contributed by atoms with Gasteiger partial charge in [0, 0.05) is 13.6 Å². The summed E-state index contributed by atoms with van der Waals surface area (Å²) >= 11 is 0. The number of anilines is 1. The second kappa shape index (κ2) is 4.93. The monoisotopic (exact) mass is 216 g/mol. The van der Waals surface area contributed by atoms with Crippen LogP contribution in [-0.4, -0.2) is 23.8 Å². The first-order valence-electron chi connectivity index (χ1n) is 5.74. The molecular formula is C12H16N4. The summed E-state index contributed by atoms with van der Waals surface area (Å²) in [5.41, 5.74) is 0.607. The van der Waals surface area contributed by atoms with Gasteiger partial charge in [0.25, 0.3) is 0 Å². The maximum atomic E-state index is 8.98. The van der Waals surface area contributed by atoms with Gasteiger partial charge in [-0.1, -0.05) is 12.8 Å². The van der Waals surface area contributed by atoms with E-state index in [2.05, 4.69) is 21.2 Å². The van der Waals surface area contributed by atoms with Crippen LogP contribution in [0.1, 0.15) is 31.2 Å². The molecule has 0 N–H and O–H groups in total. The molecule has 2 rings (SSSR count). The van der Waals surface area contributed by atoms with E-state index in [4.69, 9.17) is 5.26 Å². The topological polar surface area (TPSA) is 52.8 Å². The molecular weight excluding hydrogens is 200 g/mol. The molecule has 0 saturated heterocycles. The average Bonchev–Trinajstić information content (AvgIpc) is 2.81. The Bertz CT molecular complexity index is 390. The lowest BCUT2D eigenvalue weighted by atomic mass is 10.1. The summed E-state index contributed by atoms with van der Waals surface area (Å²) < 4.78 is 0. The number of hydrogen-bond donors (Lipinski definition) is 0. The molecule has 1 aliphatic carbocycles. The summed E-state index contributed by atoms with van der Waals surface area (Å²) in [6.07, 6.45) is 6.83. The van der Waals surface area contributed by atoms with Gasteiger partial charge < -0.3 is 4.90 Å². The van der Waals surface area contributed by atoms with Crippen molar-refractivity contribution in [1.82, 2.24) is 10.2 Å². The zero-order valence-electron chi connectivity index (χ0n) is 9.56. The molecule has 0 bridgehead atoms. The number of aromatic nitrogens is 2. The van der Waals surface area contributed by atoms with Gasteiger partial charge >= 0.3 is 0 Å². The van der Waals surface area contributed by atoms with Crippen LogP contribution in [0.15, 0.2) is 12.3 Å². The first-order valence-corrected chi connectivity index (χ1v) is 5.74. The fourth-order valence-electron chi connectivity index (χ4n) is 2.36. The number of nitrogens with zero attached hydrogens (tertiary/aromatic N) is 4. The largest absolute Gasteiger partial charge is 0.357 e. The Kier molecular flexibility index (Phi) is 3.35. The fourth-order valence-corrected chi connectivity index (χ4v) is 2.36. The molecule has 0 amide bonds. The Balaban J connectivity index is 2.08. The molecule has 1 aromatic rings. The lowest BCUT2D eigenvalue weighted by Gasteiger charge is -2.21. The summed E-state index contributed by atoms with van der Waals surface area (Å²) in [6, 6.07) is 3.87. The van der Waals surface area contributed by atoms with Gasteiger partial charge in [-0.3, -0.25) is 0 Å². The summed E-state index contributed by atoms with van der Waals surface area (Å²) in [4.78, 5) is 2.06. The Morgan fingerprint density at radius 1 is 1.50 bits per heavy atom. The van der Waals surface area contributed by atoms with Gasteiger partial charge in [0.1, 0.15) is 6.07 Å². The third kappa shape index (κ3) is 2.30. The molecule has 0 spiro atoms. The van der Waals surface area contributed by atoms with Crippen LogP contribution in [0.3, 0.4) is 0 Å². The molecule has 0 aliphatic heterocycles. The zero-order chi connectivity index (χ0) is 11.4. The molecule has 0 unspecified atom stereocenters. The maximum Gasteiger partial charge on any atom is 0.168 e. The number of rotatable bonds is 3. The Morgan fingerprint density at radius 2 is 2.25 bits per heavy atom. The van der Waals surface area contributed by atoms with Crippen molar-refractivity contribution in [3.05, 3.63) is 17.8 Å². The maximum absolute atomic E-state index is 8.98. The number of nitriles is 1. The van der Waals surface area contributed by atoms with E-state index >= 15 is 0 Å². The summed E-state index contributed by atoms with van der Waals surface area (Å²) in [5.74, 6) is 1.45. The highest BCUT2D eigenvalue weighted by atomic mass is 15.2. The van der Waals surface area contributed by atoms with Gasteiger partial charge in [-0.2, -0.15) is 10.4 Å². The van der Waals surface area contributed by atoms with Gasteiger partial charge in [-0.25, -0.2) is 0 Å². The highest BCUT2D eigenvalue weighted by molar-refractivity contribution is 5.51. The molecule has 1 fully saturated rings. The SMILES string of the molecule is CN(CC1CCCC1)c1nnccc1C#N. The first-order chi connectivity index (χ1) is 7.81. The molecule has 4 nitrogen and oxygen atoms in total. The van der Waals surface area contributed by atoms with Crippen LogP contribution in [0, 0.1) is 17.2 Å². The Hall–Kier alpha value is -1.63. The minimum Gasteiger partial charge on any atom is -0.357 e. The quantitative estimate of drug-likeness (QED) is 0.775. The van der Waals surface area contributed by atoms with E-state index in [1.54, 1.807) is 12.3 Å². The first kappa shape index (κ1) is 10.9. The average molecular weight is 216 g/mol. The minimum absolute atomic E-state index is 0.607. The molecule has 1 aromatic heterocycles. The van der Waals surface area contributed by atoms with Crippen molar-refractivity contribution in [3.8, 4) is 6.07 Å². The Morgan fingerprint density at radius 3 is 2.94 bits per heavy atom. The van der Waals surface area contributed by atoms with Gasteiger partial charge in [-0.05, 0) is 24.8 Å². The third-order valence-corrected chi connectivity index (χ3v) is 3.19. The van der Waals surface area contributed by atoms with E-state index in [1.807, 2.05) is 7.05 Å². The summed E-state index contributed by atoms with van der Waals surface area (Å²) in [6.45, 7) is 0.980. The summed E-state index contributed by atoms with van der Waals surface area (Å²) in [5, 5.41) is 16.9.